The summed E-state index contributed by atoms with van der Waals surface area (Å²) in [4.78, 5) is 12.0. The quantitative estimate of drug-likeness (QED) is 0.136. The van der Waals surface area contributed by atoms with Crippen molar-refractivity contribution in [1.29, 1.82) is 0 Å². The molecule has 0 radical (unpaired) electrons. The van der Waals surface area contributed by atoms with Crippen LogP contribution in [0.2, 0.25) is 0 Å². The Morgan fingerprint density at radius 1 is 0.636 bits per heavy atom. The lowest BCUT2D eigenvalue weighted by Crippen LogP contribution is -2.75. The second-order valence-corrected chi connectivity index (χ2v) is 10.5. The zero-order valence-electron chi connectivity index (χ0n) is 22.9. The van der Waals surface area contributed by atoms with Gasteiger partial charge in [-0.2, -0.15) is 74.6 Å². The van der Waals surface area contributed by atoms with E-state index in [-0.39, 0.29) is 28.8 Å². The van der Waals surface area contributed by atoms with Crippen LogP contribution >= 0.6 is 0 Å². The van der Waals surface area contributed by atoms with Crippen molar-refractivity contribution in [3.05, 3.63) is 35.9 Å². The molecule has 0 atom stereocenters. The first-order chi connectivity index (χ1) is 19.4. The normalized spacial score (nSPS) is 15.0. The van der Waals surface area contributed by atoms with E-state index in [9.17, 15) is 79.4 Å². The molecule has 256 valence electrons. The predicted molar refractivity (Wildman–Crippen MR) is 119 cm³/mol. The van der Waals surface area contributed by atoms with Gasteiger partial charge in [0.05, 0.1) is 20.6 Å². The average Bonchev–Trinajstić information content (AvgIpc) is 2.86. The molecular formula is C24H26F17N2O+. The Morgan fingerprint density at radius 3 is 1.45 bits per heavy atom. The van der Waals surface area contributed by atoms with Gasteiger partial charge in [-0.1, -0.05) is 37.3 Å². The van der Waals surface area contributed by atoms with Crippen LogP contribution in [0.5, 0.6) is 0 Å². The van der Waals surface area contributed by atoms with Crippen LogP contribution < -0.4 is 0 Å². The van der Waals surface area contributed by atoms with E-state index in [4.69, 9.17) is 0 Å². The highest BCUT2D eigenvalue weighted by molar-refractivity contribution is 5.85. The number of halogens is 17. The second-order valence-electron chi connectivity index (χ2n) is 10.5. The maximum atomic E-state index is 14.5. The van der Waals surface area contributed by atoms with Crippen LogP contribution in [0.25, 0.3) is 0 Å². The number of hydrogen-bond acceptors (Lipinski definition) is 1. The molecule has 1 aromatic rings. The molecule has 0 aromatic heterocycles. The van der Waals surface area contributed by atoms with Gasteiger partial charge in [0.2, 0.25) is 0 Å². The first kappa shape index (κ1) is 39.5. The number of rotatable bonds is 15. The van der Waals surface area contributed by atoms with Gasteiger partial charge in [-0.3, -0.25) is 4.79 Å². The van der Waals surface area contributed by atoms with Crippen LogP contribution in [0.3, 0.4) is 0 Å². The maximum Gasteiger partial charge on any atom is 0.460 e. The summed E-state index contributed by atoms with van der Waals surface area (Å²) < 4.78 is 231. The molecule has 3 nitrogen and oxygen atoms in total. The first-order valence-electron chi connectivity index (χ1n) is 12.3. The number of carbonyl (C=O) groups excluding carboxylic acids is 1. The smallest absolute Gasteiger partial charge is 0.337 e. The van der Waals surface area contributed by atoms with Crippen LogP contribution in [-0.2, 0) is 11.3 Å². The van der Waals surface area contributed by atoms with Crippen molar-refractivity contribution in [3.8, 4) is 0 Å². The van der Waals surface area contributed by atoms with Gasteiger partial charge in [-0.15, -0.1) is 0 Å². The first-order valence-corrected chi connectivity index (χ1v) is 12.3. The van der Waals surface area contributed by atoms with Gasteiger partial charge in [-0.05, 0) is 6.42 Å². The van der Waals surface area contributed by atoms with Crippen LogP contribution in [0, 0.1) is 0 Å². The van der Waals surface area contributed by atoms with E-state index in [2.05, 4.69) is 0 Å². The van der Waals surface area contributed by atoms with Crippen molar-refractivity contribution in [1.82, 2.24) is 4.90 Å². The summed E-state index contributed by atoms with van der Waals surface area (Å²) in [7, 11) is 3.20. The maximum absolute atomic E-state index is 14.5. The van der Waals surface area contributed by atoms with Gasteiger partial charge in [-0.25, -0.2) is 0 Å². The van der Waals surface area contributed by atoms with Crippen LogP contribution in [0.15, 0.2) is 30.3 Å². The van der Waals surface area contributed by atoms with Gasteiger partial charge < -0.3 is 9.38 Å². The van der Waals surface area contributed by atoms with Crippen molar-refractivity contribution >= 4 is 5.91 Å². The number of quaternary nitrogens is 1. The molecular weight excluding hydrogens is 655 g/mol. The molecule has 0 saturated heterocycles. The topological polar surface area (TPSA) is 20.3 Å². The van der Waals surface area contributed by atoms with Gasteiger partial charge in [0.15, 0.2) is 0 Å². The Hall–Kier alpha value is -2.54. The minimum Gasteiger partial charge on any atom is -0.337 e. The number of hydrogen-bond donors (Lipinski definition) is 0. The summed E-state index contributed by atoms with van der Waals surface area (Å²) in [6, 6.07) is 8.46. The van der Waals surface area contributed by atoms with Crippen LogP contribution in [0.4, 0.5) is 74.6 Å². The van der Waals surface area contributed by atoms with Crippen molar-refractivity contribution in [3.63, 3.8) is 0 Å². The predicted octanol–water partition coefficient (Wildman–Crippen LogP) is 7.90. The third-order valence-corrected chi connectivity index (χ3v) is 6.42. The molecule has 0 saturated carbocycles. The van der Waals surface area contributed by atoms with Gasteiger partial charge in [0.1, 0.15) is 6.54 Å². The third-order valence-electron chi connectivity index (χ3n) is 6.42. The highest BCUT2D eigenvalue weighted by atomic mass is 19.4. The summed E-state index contributed by atoms with van der Waals surface area (Å²) in [6.45, 7) is -0.413. The molecule has 0 unspecified atom stereocenters. The lowest BCUT2D eigenvalue weighted by Gasteiger charge is -2.43. The minimum absolute atomic E-state index is 0.00664. The SMILES string of the molecule is CCCN(CCC[N+](C)(C)Cc1ccccc1)C(=O)C(F)(F)C(F)(F)C(F)(F)C(F)(F)C(F)(F)C(F)(F)C(F)(F)C(F)(F)F. The fourth-order valence-corrected chi connectivity index (χ4v) is 3.93. The van der Waals surface area contributed by atoms with Crippen molar-refractivity contribution in [2.75, 3.05) is 33.7 Å². The van der Waals surface area contributed by atoms with Gasteiger partial charge in [0, 0.05) is 25.1 Å². The standard InChI is InChI=1S/C24H26F17N2O/c1-4-11-42(12-8-13-43(2,3)14-15-9-6-5-7-10-15)16(44)17(25,26)18(27,28)19(29,30)20(31,32)21(33,34)22(35,36)23(37,38)24(39,40)41/h5-7,9-10H,4,8,11-14H2,1-3H3/q+1. The Kier molecular flexibility index (Phi) is 11.1. The summed E-state index contributed by atoms with van der Waals surface area (Å²) in [5.74, 6) is -61.3. The fraction of sp³-hybridized carbons (Fsp3) is 0.708. The van der Waals surface area contributed by atoms with E-state index in [1.165, 1.54) is 0 Å². The summed E-state index contributed by atoms with van der Waals surface area (Å²) in [6.07, 6.45) is -8.50. The lowest BCUT2D eigenvalue weighted by atomic mass is 9.88. The molecule has 0 aliphatic rings. The van der Waals surface area contributed by atoms with E-state index in [0.717, 1.165) is 12.5 Å². The molecule has 1 amide bonds. The number of amides is 1. The molecule has 0 spiro atoms. The van der Waals surface area contributed by atoms with E-state index in [1.54, 1.807) is 44.4 Å². The van der Waals surface area contributed by atoms with E-state index in [0.29, 0.717) is 6.54 Å². The molecule has 0 aliphatic carbocycles. The molecule has 0 bridgehead atoms. The number of nitrogens with zero attached hydrogens (tertiary/aromatic N) is 2. The van der Waals surface area contributed by atoms with Gasteiger partial charge >= 0.3 is 47.6 Å². The van der Waals surface area contributed by atoms with Gasteiger partial charge in [0.25, 0.3) is 5.91 Å². The lowest BCUT2D eigenvalue weighted by molar-refractivity contribution is -0.903. The third kappa shape index (κ3) is 6.68. The molecule has 1 aromatic carbocycles. The fourth-order valence-electron chi connectivity index (χ4n) is 3.93. The van der Waals surface area contributed by atoms with E-state index >= 15 is 0 Å². The van der Waals surface area contributed by atoms with Crippen molar-refractivity contribution in [2.45, 2.75) is 73.9 Å². The monoisotopic (exact) mass is 681 g/mol. The summed E-state index contributed by atoms with van der Waals surface area (Å²) in [5, 5.41) is 0. The second kappa shape index (κ2) is 12.3. The average molecular weight is 681 g/mol. The molecule has 0 aliphatic heterocycles. The number of alkyl halides is 17. The zero-order valence-corrected chi connectivity index (χ0v) is 22.9. The highest BCUT2D eigenvalue weighted by Gasteiger charge is 2.95. The van der Waals surface area contributed by atoms with E-state index in [1.807, 2.05) is 0 Å². The van der Waals surface area contributed by atoms with Crippen LogP contribution in [-0.4, -0.2) is 96.7 Å². The molecule has 20 heteroatoms. The Balaban J connectivity index is 3.38. The van der Waals surface area contributed by atoms with Crippen molar-refractivity contribution < 1.29 is 83.9 Å². The molecule has 44 heavy (non-hydrogen) atoms. The highest BCUT2D eigenvalue weighted by Crippen LogP contribution is 2.64. The zero-order chi connectivity index (χ0) is 35.0. The number of benzene rings is 1. The molecule has 1 rings (SSSR count). The summed E-state index contributed by atoms with van der Waals surface area (Å²) in [5.41, 5.74) is 0.767. The Labute approximate surface area is 239 Å². The van der Waals surface area contributed by atoms with Crippen molar-refractivity contribution in [2.24, 2.45) is 0 Å². The Bertz CT molecular complexity index is 1120. The summed E-state index contributed by atoms with van der Waals surface area (Å²) >= 11 is 0. The molecule has 0 fully saturated rings. The Morgan fingerprint density at radius 2 is 1.05 bits per heavy atom. The number of carbonyl (C=O) groups is 1. The van der Waals surface area contributed by atoms with E-state index < -0.39 is 66.6 Å². The van der Waals surface area contributed by atoms with Crippen LogP contribution in [0.1, 0.15) is 25.3 Å². The molecule has 0 N–H and O–H groups in total. The largest absolute Gasteiger partial charge is 0.460 e. The molecule has 0 heterocycles. The minimum atomic E-state index is -8.74.